The number of halogens is 6. The molecule has 156 valence electrons. The lowest BCUT2D eigenvalue weighted by Gasteiger charge is -2.33. The van der Waals surface area contributed by atoms with Crippen LogP contribution in [0.1, 0.15) is 15.9 Å². The Labute approximate surface area is 173 Å². The molecule has 1 aliphatic rings. The first-order valence-corrected chi connectivity index (χ1v) is 9.29. The van der Waals surface area contributed by atoms with Gasteiger partial charge in [-0.1, -0.05) is 29.3 Å². The van der Waals surface area contributed by atoms with Crippen molar-refractivity contribution in [2.45, 2.75) is 12.7 Å². The number of hydrogen-bond donors (Lipinski definition) is 0. The van der Waals surface area contributed by atoms with E-state index >= 15 is 0 Å². The first kappa shape index (κ1) is 21.8. The summed E-state index contributed by atoms with van der Waals surface area (Å²) in [7, 11) is 0. The Bertz CT molecular complexity index is 909. The second-order valence-corrected chi connectivity index (χ2v) is 7.12. The predicted octanol–water partition coefficient (Wildman–Crippen LogP) is 4.61. The van der Waals surface area contributed by atoms with Crippen LogP contribution in [-0.2, 0) is 16.1 Å². The maximum absolute atomic E-state index is 13.9. The highest BCUT2D eigenvalue weighted by molar-refractivity contribution is 6.35. The van der Waals surface area contributed by atoms with Gasteiger partial charge in [0.2, 0.25) is 0 Å². The molecule has 0 N–H and O–H groups in total. The normalized spacial score (nSPS) is 16.9. The summed E-state index contributed by atoms with van der Waals surface area (Å²) in [4.78, 5) is 13.6. The number of hydrogen-bond acceptors (Lipinski definition) is 3. The lowest BCUT2D eigenvalue weighted by atomic mass is 10.1. The lowest BCUT2D eigenvalue weighted by Crippen LogP contribution is -2.47. The SMILES string of the molecule is O=C(c1cc(F)c(F)c(F)c1F)N1CCOC(COCc2c(Cl)cccc2Cl)C1. The van der Waals surface area contributed by atoms with Crippen molar-refractivity contribution in [1.82, 2.24) is 4.90 Å². The molecule has 0 bridgehead atoms. The summed E-state index contributed by atoms with van der Waals surface area (Å²) < 4.78 is 64.9. The molecule has 0 aromatic heterocycles. The Hall–Kier alpha value is -1.87. The predicted molar refractivity (Wildman–Crippen MR) is 98.0 cm³/mol. The van der Waals surface area contributed by atoms with E-state index in [2.05, 4.69) is 0 Å². The fourth-order valence-corrected chi connectivity index (χ4v) is 3.37. The monoisotopic (exact) mass is 451 g/mol. The van der Waals surface area contributed by atoms with E-state index in [4.69, 9.17) is 32.7 Å². The van der Waals surface area contributed by atoms with Crippen molar-refractivity contribution < 1.29 is 31.8 Å². The topological polar surface area (TPSA) is 38.8 Å². The van der Waals surface area contributed by atoms with Gasteiger partial charge in [0.15, 0.2) is 23.3 Å². The Morgan fingerprint density at radius 2 is 1.83 bits per heavy atom. The lowest BCUT2D eigenvalue weighted by molar-refractivity contribution is -0.0648. The van der Waals surface area contributed by atoms with E-state index < -0.39 is 40.8 Å². The standard InChI is InChI=1S/C19H15Cl2F4NO3/c20-13-2-1-3-14(21)12(13)9-28-8-10-7-26(4-5-29-10)19(27)11-6-15(22)17(24)18(25)16(11)23/h1-3,6,10H,4-5,7-9H2. The summed E-state index contributed by atoms with van der Waals surface area (Å²) >= 11 is 12.1. The van der Waals surface area contributed by atoms with Crippen LogP contribution in [0.15, 0.2) is 24.3 Å². The van der Waals surface area contributed by atoms with Crippen LogP contribution >= 0.6 is 23.2 Å². The van der Waals surface area contributed by atoms with Crippen molar-refractivity contribution in [2.24, 2.45) is 0 Å². The quantitative estimate of drug-likeness (QED) is 0.378. The van der Waals surface area contributed by atoms with Crippen LogP contribution in [-0.4, -0.2) is 43.2 Å². The molecule has 29 heavy (non-hydrogen) atoms. The largest absolute Gasteiger partial charge is 0.374 e. The molecular weight excluding hydrogens is 437 g/mol. The Morgan fingerprint density at radius 1 is 1.14 bits per heavy atom. The summed E-state index contributed by atoms with van der Waals surface area (Å²) in [5, 5.41) is 0.879. The van der Waals surface area contributed by atoms with Gasteiger partial charge in [-0.05, 0) is 18.2 Å². The molecule has 1 amide bonds. The van der Waals surface area contributed by atoms with Gasteiger partial charge >= 0.3 is 0 Å². The van der Waals surface area contributed by atoms with Gasteiger partial charge in [0.25, 0.3) is 5.91 Å². The molecule has 1 aliphatic heterocycles. The maximum atomic E-state index is 13.9. The van der Waals surface area contributed by atoms with Gasteiger partial charge in [0.05, 0.1) is 31.5 Å². The van der Waals surface area contributed by atoms with Crippen LogP contribution < -0.4 is 0 Å². The Balaban J connectivity index is 1.63. The maximum Gasteiger partial charge on any atom is 0.257 e. The van der Waals surface area contributed by atoms with E-state index in [1.807, 2.05) is 0 Å². The minimum atomic E-state index is -2.03. The van der Waals surface area contributed by atoms with Gasteiger partial charge in [-0.15, -0.1) is 0 Å². The highest BCUT2D eigenvalue weighted by atomic mass is 35.5. The molecule has 1 fully saturated rings. The average Bonchev–Trinajstić information content (AvgIpc) is 2.71. The molecule has 1 saturated heterocycles. The molecule has 0 aliphatic carbocycles. The number of morpholine rings is 1. The summed E-state index contributed by atoms with van der Waals surface area (Å²) in [5.74, 6) is -8.34. The van der Waals surface area contributed by atoms with Crippen molar-refractivity contribution >= 4 is 29.1 Å². The number of benzene rings is 2. The van der Waals surface area contributed by atoms with E-state index in [0.717, 1.165) is 4.90 Å². The number of amides is 1. The molecule has 0 saturated carbocycles. The van der Waals surface area contributed by atoms with Gasteiger partial charge in [-0.25, -0.2) is 17.6 Å². The van der Waals surface area contributed by atoms with Crippen LogP contribution in [0.2, 0.25) is 10.0 Å². The minimum Gasteiger partial charge on any atom is -0.374 e. The van der Waals surface area contributed by atoms with Crippen LogP contribution in [0.4, 0.5) is 17.6 Å². The molecule has 1 unspecified atom stereocenters. The van der Waals surface area contributed by atoms with Crippen molar-refractivity contribution in [2.75, 3.05) is 26.3 Å². The third-order valence-electron chi connectivity index (χ3n) is 4.37. The van der Waals surface area contributed by atoms with Gasteiger partial charge < -0.3 is 14.4 Å². The highest BCUT2D eigenvalue weighted by Gasteiger charge is 2.30. The van der Waals surface area contributed by atoms with Gasteiger partial charge in [-0.3, -0.25) is 4.79 Å². The van der Waals surface area contributed by atoms with Gasteiger partial charge in [-0.2, -0.15) is 0 Å². The van der Waals surface area contributed by atoms with E-state index in [-0.39, 0.29) is 32.9 Å². The summed E-state index contributed by atoms with van der Waals surface area (Å²) in [6.45, 7) is 0.358. The molecule has 0 spiro atoms. The molecule has 3 rings (SSSR count). The van der Waals surface area contributed by atoms with E-state index in [0.29, 0.717) is 21.7 Å². The fourth-order valence-electron chi connectivity index (χ4n) is 2.87. The highest BCUT2D eigenvalue weighted by Crippen LogP contribution is 2.25. The first-order chi connectivity index (χ1) is 13.8. The van der Waals surface area contributed by atoms with Gasteiger partial charge in [0.1, 0.15) is 0 Å². The zero-order valence-corrected chi connectivity index (χ0v) is 16.4. The second kappa shape index (κ2) is 9.30. The molecular formula is C19H15Cl2F4NO3. The van der Waals surface area contributed by atoms with Crippen LogP contribution in [0.3, 0.4) is 0 Å². The molecule has 1 atom stereocenters. The first-order valence-electron chi connectivity index (χ1n) is 8.54. The smallest absolute Gasteiger partial charge is 0.257 e. The van der Waals surface area contributed by atoms with Crippen LogP contribution in [0.5, 0.6) is 0 Å². The molecule has 1 heterocycles. The van der Waals surface area contributed by atoms with Crippen molar-refractivity contribution in [3.8, 4) is 0 Å². The van der Waals surface area contributed by atoms with Crippen LogP contribution in [0, 0.1) is 23.3 Å². The van der Waals surface area contributed by atoms with Gasteiger partial charge in [0, 0.05) is 28.7 Å². The zero-order chi connectivity index (χ0) is 21.1. The van der Waals surface area contributed by atoms with Crippen molar-refractivity contribution in [3.63, 3.8) is 0 Å². The summed E-state index contributed by atoms with van der Waals surface area (Å²) in [6.07, 6.45) is -0.563. The number of ether oxygens (including phenoxy) is 2. The van der Waals surface area contributed by atoms with E-state index in [1.54, 1.807) is 18.2 Å². The summed E-state index contributed by atoms with van der Waals surface area (Å²) in [6, 6.07) is 5.37. The molecule has 10 heteroatoms. The number of carbonyl (C=O) groups is 1. The minimum absolute atomic E-state index is 0.00482. The zero-order valence-electron chi connectivity index (χ0n) is 14.9. The number of carbonyl (C=O) groups excluding carboxylic acids is 1. The Kier molecular flexibility index (Phi) is 7.00. The molecule has 4 nitrogen and oxygen atoms in total. The molecule has 2 aromatic carbocycles. The van der Waals surface area contributed by atoms with Crippen LogP contribution in [0.25, 0.3) is 0 Å². The van der Waals surface area contributed by atoms with Crippen molar-refractivity contribution in [1.29, 1.82) is 0 Å². The average molecular weight is 452 g/mol. The number of rotatable bonds is 5. The van der Waals surface area contributed by atoms with Crippen molar-refractivity contribution in [3.05, 3.63) is 68.7 Å². The second-order valence-electron chi connectivity index (χ2n) is 6.31. The molecule has 2 aromatic rings. The molecule has 0 radical (unpaired) electrons. The fraction of sp³-hybridized carbons (Fsp3) is 0.316. The Morgan fingerprint density at radius 3 is 2.52 bits per heavy atom. The third kappa shape index (κ3) is 4.83. The summed E-state index contributed by atoms with van der Waals surface area (Å²) in [5.41, 5.74) is -0.287. The number of nitrogens with zero attached hydrogens (tertiary/aromatic N) is 1. The van der Waals surface area contributed by atoms with E-state index in [9.17, 15) is 22.4 Å². The van der Waals surface area contributed by atoms with E-state index in [1.165, 1.54) is 0 Å². The third-order valence-corrected chi connectivity index (χ3v) is 5.08.